The number of fused-ring (bicyclic) bond motifs is 1. The van der Waals surface area contributed by atoms with E-state index >= 15 is 0 Å². The summed E-state index contributed by atoms with van der Waals surface area (Å²) in [6, 6.07) is 12.1. The van der Waals surface area contributed by atoms with Crippen LogP contribution in [-0.4, -0.2) is 14.5 Å². The number of aromatic nitrogens is 2. The van der Waals surface area contributed by atoms with Gasteiger partial charge in [-0.25, -0.2) is 4.98 Å². The highest BCUT2D eigenvalue weighted by Gasteiger charge is 2.14. The summed E-state index contributed by atoms with van der Waals surface area (Å²) in [6.07, 6.45) is 0.642. The third kappa shape index (κ3) is 3.05. The van der Waals surface area contributed by atoms with E-state index in [-0.39, 0.29) is 0 Å². The molecule has 0 saturated carbocycles. The second-order valence-corrected chi connectivity index (χ2v) is 6.38. The maximum Gasteiger partial charge on any atom is 0.141 e. The van der Waals surface area contributed by atoms with Crippen LogP contribution in [0.1, 0.15) is 17.5 Å². The Balaban J connectivity index is 2.22. The fraction of sp³-hybridized carbons (Fsp3) is 0.222. The molecule has 3 aromatic rings. The standard InChI is InChI=1S/C18H20N4S/c1-11-8-15-16(9-12(11)2)22(7-6-17(20)23)18(21-15)13-4-3-5-14(19)10-13/h3-5,8-10H,6-7,19H2,1-2H3,(H2,20,23). The molecule has 0 amide bonds. The van der Waals surface area contributed by atoms with Gasteiger partial charge in [0.25, 0.3) is 0 Å². The Morgan fingerprint density at radius 2 is 1.91 bits per heavy atom. The molecule has 0 spiro atoms. The number of anilines is 1. The van der Waals surface area contributed by atoms with Gasteiger partial charge in [-0.3, -0.25) is 0 Å². The molecule has 4 N–H and O–H groups in total. The Kier molecular flexibility index (Phi) is 4.05. The smallest absolute Gasteiger partial charge is 0.141 e. The number of hydrogen-bond acceptors (Lipinski definition) is 3. The van der Waals surface area contributed by atoms with Crippen LogP contribution < -0.4 is 11.5 Å². The molecule has 23 heavy (non-hydrogen) atoms. The van der Waals surface area contributed by atoms with Crippen molar-refractivity contribution in [3.05, 3.63) is 47.5 Å². The maximum atomic E-state index is 5.93. The minimum Gasteiger partial charge on any atom is -0.399 e. The van der Waals surface area contributed by atoms with Crippen molar-refractivity contribution in [2.75, 3.05) is 5.73 Å². The van der Waals surface area contributed by atoms with Gasteiger partial charge in [0.05, 0.1) is 16.0 Å². The second kappa shape index (κ2) is 6.01. The molecule has 0 saturated heterocycles. The molecule has 5 heteroatoms. The van der Waals surface area contributed by atoms with E-state index in [0.29, 0.717) is 18.0 Å². The summed E-state index contributed by atoms with van der Waals surface area (Å²) in [5, 5.41) is 0. The Bertz CT molecular complexity index is 895. The number of aryl methyl sites for hydroxylation is 3. The van der Waals surface area contributed by atoms with E-state index in [4.69, 9.17) is 28.7 Å². The van der Waals surface area contributed by atoms with E-state index in [1.807, 2.05) is 24.3 Å². The number of rotatable bonds is 4. The topological polar surface area (TPSA) is 69.9 Å². The molecule has 0 aliphatic rings. The van der Waals surface area contributed by atoms with Crippen LogP contribution in [0.4, 0.5) is 5.69 Å². The first-order valence-electron chi connectivity index (χ1n) is 7.57. The first-order valence-corrected chi connectivity index (χ1v) is 7.98. The third-order valence-electron chi connectivity index (χ3n) is 4.09. The van der Waals surface area contributed by atoms with Crippen molar-refractivity contribution in [3.8, 4) is 11.4 Å². The molecule has 0 aliphatic carbocycles. The highest BCUT2D eigenvalue weighted by Crippen LogP contribution is 2.28. The molecule has 0 atom stereocenters. The predicted molar refractivity (Wildman–Crippen MR) is 100 cm³/mol. The minimum atomic E-state index is 0.509. The summed E-state index contributed by atoms with van der Waals surface area (Å²) in [4.78, 5) is 5.34. The zero-order valence-electron chi connectivity index (χ0n) is 13.3. The number of nitrogens with zero attached hydrogens (tertiary/aromatic N) is 2. The van der Waals surface area contributed by atoms with Crippen LogP contribution in [0.15, 0.2) is 36.4 Å². The molecule has 0 aliphatic heterocycles. The molecule has 0 unspecified atom stereocenters. The average Bonchev–Trinajstić information content (AvgIpc) is 2.83. The molecular weight excluding hydrogens is 304 g/mol. The van der Waals surface area contributed by atoms with E-state index in [9.17, 15) is 0 Å². The minimum absolute atomic E-state index is 0.509. The van der Waals surface area contributed by atoms with E-state index in [0.717, 1.165) is 28.1 Å². The van der Waals surface area contributed by atoms with Crippen LogP contribution in [0.25, 0.3) is 22.4 Å². The van der Waals surface area contributed by atoms with Crippen LogP contribution >= 0.6 is 12.2 Å². The fourth-order valence-electron chi connectivity index (χ4n) is 2.73. The van der Waals surface area contributed by atoms with Crippen LogP contribution in [0.3, 0.4) is 0 Å². The van der Waals surface area contributed by atoms with Crippen molar-refractivity contribution < 1.29 is 0 Å². The second-order valence-electron chi connectivity index (χ2n) is 5.85. The molecule has 118 valence electrons. The summed E-state index contributed by atoms with van der Waals surface area (Å²) in [5.74, 6) is 0.897. The average molecular weight is 324 g/mol. The molecule has 0 radical (unpaired) electrons. The molecule has 4 nitrogen and oxygen atoms in total. The van der Waals surface area contributed by atoms with Gasteiger partial charge < -0.3 is 16.0 Å². The van der Waals surface area contributed by atoms with Crippen molar-refractivity contribution in [1.29, 1.82) is 0 Å². The van der Waals surface area contributed by atoms with Crippen molar-refractivity contribution in [3.63, 3.8) is 0 Å². The van der Waals surface area contributed by atoms with Crippen LogP contribution in [0.5, 0.6) is 0 Å². The van der Waals surface area contributed by atoms with E-state index in [1.165, 1.54) is 11.1 Å². The molecule has 0 bridgehead atoms. The van der Waals surface area contributed by atoms with Crippen molar-refractivity contribution in [2.24, 2.45) is 5.73 Å². The Morgan fingerprint density at radius 3 is 2.61 bits per heavy atom. The monoisotopic (exact) mass is 324 g/mol. The van der Waals surface area contributed by atoms with Gasteiger partial charge in [-0.1, -0.05) is 24.4 Å². The van der Waals surface area contributed by atoms with Gasteiger partial charge >= 0.3 is 0 Å². The molecule has 2 aromatic carbocycles. The number of nitrogens with two attached hydrogens (primary N) is 2. The third-order valence-corrected chi connectivity index (χ3v) is 4.29. The lowest BCUT2D eigenvalue weighted by Crippen LogP contribution is -2.12. The Morgan fingerprint density at radius 1 is 1.17 bits per heavy atom. The first-order chi connectivity index (χ1) is 11.0. The quantitative estimate of drug-likeness (QED) is 0.568. The lowest BCUT2D eigenvalue weighted by molar-refractivity contribution is 0.756. The molecular formula is C18H20N4S. The summed E-state index contributed by atoms with van der Waals surface area (Å²) < 4.78 is 2.18. The van der Waals surface area contributed by atoms with E-state index in [1.54, 1.807) is 0 Å². The summed E-state index contributed by atoms with van der Waals surface area (Å²) in [6.45, 7) is 4.92. The Labute approximate surface area is 141 Å². The Hall–Kier alpha value is -2.40. The lowest BCUT2D eigenvalue weighted by atomic mass is 10.1. The van der Waals surface area contributed by atoms with Gasteiger partial charge in [-0.2, -0.15) is 0 Å². The number of hydrogen-bond donors (Lipinski definition) is 2. The van der Waals surface area contributed by atoms with Gasteiger partial charge in [-0.15, -0.1) is 0 Å². The summed E-state index contributed by atoms with van der Waals surface area (Å²) >= 11 is 5.04. The zero-order valence-corrected chi connectivity index (χ0v) is 14.2. The first kappa shape index (κ1) is 15.5. The van der Waals surface area contributed by atoms with E-state index < -0.39 is 0 Å². The number of benzene rings is 2. The van der Waals surface area contributed by atoms with Gasteiger partial charge in [-0.05, 0) is 49.2 Å². The normalized spacial score (nSPS) is 11.0. The van der Waals surface area contributed by atoms with Gasteiger partial charge in [0.1, 0.15) is 5.82 Å². The molecule has 1 heterocycles. The van der Waals surface area contributed by atoms with Crippen molar-refractivity contribution in [1.82, 2.24) is 9.55 Å². The van der Waals surface area contributed by atoms with Crippen LogP contribution in [0.2, 0.25) is 0 Å². The highest BCUT2D eigenvalue weighted by molar-refractivity contribution is 7.80. The number of thiocarbonyl (C=S) groups is 1. The van der Waals surface area contributed by atoms with Crippen LogP contribution in [0, 0.1) is 13.8 Å². The molecule has 3 rings (SSSR count). The summed E-state index contributed by atoms with van der Waals surface area (Å²) in [7, 11) is 0. The molecule has 0 fully saturated rings. The zero-order chi connectivity index (χ0) is 16.6. The van der Waals surface area contributed by atoms with Gasteiger partial charge in [0.2, 0.25) is 0 Å². The van der Waals surface area contributed by atoms with Crippen LogP contribution in [-0.2, 0) is 6.54 Å². The van der Waals surface area contributed by atoms with Crippen molar-refractivity contribution in [2.45, 2.75) is 26.8 Å². The summed E-state index contributed by atoms with van der Waals surface area (Å²) in [5.41, 5.74) is 17.9. The predicted octanol–water partition coefficient (Wildman–Crippen LogP) is 3.58. The van der Waals surface area contributed by atoms with Crippen molar-refractivity contribution >= 4 is 33.9 Å². The van der Waals surface area contributed by atoms with Gasteiger partial charge in [0, 0.05) is 24.2 Å². The number of nitrogen functional groups attached to an aromatic ring is 1. The fourth-order valence-corrected chi connectivity index (χ4v) is 2.82. The highest BCUT2D eigenvalue weighted by atomic mass is 32.1. The SMILES string of the molecule is Cc1cc2nc(-c3cccc(N)c3)n(CCC(N)=S)c2cc1C. The van der Waals surface area contributed by atoms with Gasteiger partial charge in [0.15, 0.2) is 0 Å². The largest absolute Gasteiger partial charge is 0.399 e. The lowest BCUT2D eigenvalue weighted by Gasteiger charge is -2.10. The molecule has 1 aromatic heterocycles. The maximum absolute atomic E-state index is 5.93. The number of imidazole rings is 1. The van der Waals surface area contributed by atoms with E-state index in [2.05, 4.69) is 30.5 Å².